The van der Waals surface area contributed by atoms with E-state index in [-0.39, 0.29) is 24.5 Å². The first-order chi connectivity index (χ1) is 17.0. The van der Waals surface area contributed by atoms with Crippen LogP contribution in [0.5, 0.6) is 0 Å². The van der Waals surface area contributed by atoms with Crippen molar-refractivity contribution in [1.82, 2.24) is 10.2 Å². The number of nitrogens with one attached hydrogen (secondary N) is 3. The Morgan fingerprint density at radius 1 is 1.06 bits per heavy atom. The van der Waals surface area contributed by atoms with E-state index in [2.05, 4.69) is 43.6 Å². The lowest BCUT2D eigenvalue weighted by atomic mass is 9.93. The third-order valence-electron chi connectivity index (χ3n) is 6.34. The Morgan fingerprint density at radius 2 is 1.67 bits per heavy atom. The van der Waals surface area contributed by atoms with Crippen molar-refractivity contribution in [3.05, 3.63) is 70.4 Å². The molecule has 1 atom stereocenters. The van der Waals surface area contributed by atoms with Gasteiger partial charge in [0.15, 0.2) is 5.11 Å². The van der Waals surface area contributed by atoms with Gasteiger partial charge in [0.25, 0.3) is 0 Å². The van der Waals surface area contributed by atoms with Gasteiger partial charge in [-0.1, -0.05) is 58.0 Å². The summed E-state index contributed by atoms with van der Waals surface area (Å²) in [4.78, 5) is 27.6. The first-order valence-corrected chi connectivity index (χ1v) is 12.7. The number of benzene rings is 2. The van der Waals surface area contributed by atoms with Crippen molar-refractivity contribution in [1.29, 1.82) is 0 Å². The summed E-state index contributed by atoms with van der Waals surface area (Å²) in [6.45, 7) is 12.3. The highest BCUT2D eigenvalue weighted by Crippen LogP contribution is 2.34. The van der Waals surface area contributed by atoms with Crippen molar-refractivity contribution in [2.75, 3.05) is 24.3 Å². The van der Waals surface area contributed by atoms with E-state index in [0.29, 0.717) is 16.4 Å². The molecule has 0 aromatic heterocycles. The van der Waals surface area contributed by atoms with Crippen molar-refractivity contribution in [2.24, 2.45) is 0 Å². The summed E-state index contributed by atoms with van der Waals surface area (Å²) in [5, 5.41) is 9.77. The fraction of sp³-hybridized carbons (Fsp3) is 0.393. The zero-order chi connectivity index (χ0) is 26.6. The molecule has 3 N–H and O–H groups in total. The smallest absolute Gasteiger partial charge is 0.338 e. The van der Waals surface area contributed by atoms with Crippen LogP contribution in [0.15, 0.2) is 53.7 Å². The molecular formula is C28H36N4O3S. The molecule has 0 radical (unpaired) electrons. The molecule has 2 amide bonds. The molecular weight excluding hydrogens is 472 g/mol. The van der Waals surface area contributed by atoms with Crippen LogP contribution >= 0.6 is 12.2 Å². The monoisotopic (exact) mass is 508 g/mol. The molecule has 192 valence electrons. The van der Waals surface area contributed by atoms with Crippen molar-refractivity contribution >= 4 is 40.7 Å². The number of allylic oxidation sites excluding steroid dienone is 1. The molecule has 1 aliphatic heterocycles. The van der Waals surface area contributed by atoms with E-state index < -0.39 is 12.0 Å². The molecule has 7 nitrogen and oxygen atoms in total. The zero-order valence-corrected chi connectivity index (χ0v) is 22.9. The van der Waals surface area contributed by atoms with Gasteiger partial charge in [-0.15, -0.1) is 0 Å². The second-order valence-electron chi connectivity index (χ2n) is 9.49. The van der Waals surface area contributed by atoms with Gasteiger partial charge in [0, 0.05) is 24.1 Å². The number of carbonyl (C=O) groups is 2. The van der Waals surface area contributed by atoms with Crippen molar-refractivity contribution < 1.29 is 14.3 Å². The zero-order valence-electron chi connectivity index (χ0n) is 22.1. The van der Waals surface area contributed by atoms with Crippen LogP contribution in [-0.4, -0.2) is 35.7 Å². The molecule has 0 saturated heterocycles. The van der Waals surface area contributed by atoms with Crippen molar-refractivity contribution in [2.45, 2.75) is 59.4 Å². The number of esters is 1. The van der Waals surface area contributed by atoms with Crippen LogP contribution in [0.3, 0.4) is 0 Å². The van der Waals surface area contributed by atoms with Crippen LogP contribution < -0.4 is 16.0 Å². The number of carbonyl (C=O) groups excluding carboxylic acids is 2. The highest BCUT2D eigenvalue weighted by Gasteiger charge is 2.33. The highest BCUT2D eigenvalue weighted by molar-refractivity contribution is 7.80. The minimum Gasteiger partial charge on any atom is -0.463 e. The number of ether oxygens (including phenoxy) is 1. The highest BCUT2D eigenvalue weighted by atomic mass is 32.1. The topological polar surface area (TPSA) is 82.7 Å². The van der Waals surface area contributed by atoms with Gasteiger partial charge >= 0.3 is 12.0 Å². The largest absolute Gasteiger partial charge is 0.463 e. The van der Waals surface area contributed by atoms with E-state index in [9.17, 15) is 9.59 Å². The number of urea groups is 1. The first kappa shape index (κ1) is 27.2. The van der Waals surface area contributed by atoms with Crippen LogP contribution in [-0.2, 0) is 9.53 Å². The second kappa shape index (κ2) is 11.6. The van der Waals surface area contributed by atoms with E-state index in [4.69, 9.17) is 17.0 Å². The fourth-order valence-electron chi connectivity index (χ4n) is 4.33. The second-order valence-corrected chi connectivity index (χ2v) is 9.87. The van der Waals surface area contributed by atoms with Gasteiger partial charge in [-0.25, -0.2) is 9.59 Å². The Labute approximate surface area is 219 Å². The predicted molar refractivity (Wildman–Crippen MR) is 149 cm³/mol. The number of hydrogen-bond acceptors (Lipinski definition) is 4. The van der Waals surface area contributed by atoms with E-state index in [0.717, 1.165) is 28.1 Å². The Kier molecular flexibility index (Phi) is 8.74. The molecule has 36 heavy (non-hydrogen) atoms. The normalized spacial score (nSPS) is 15.8. The molecule has 0 fully saturated rings. The number of thiocarbonyl (C=S) groups is 1. The number of hydrogen-bond donors (Lipinski definition) is 3. The number of amides is 2. The third kappa shape index (κ3) is 5.87. The molecule has 8 heteroatoms. The Bertz CT molecular complexity index is 1160. The number of para-hydroxylation sites is 1. The van der Waals surface area contributed by atoms with Gasteiger partial charge in [0.05, 0.1) is 18.2 Å². The maximum atomic E-state index is 13.1. The SMILES string of the molecule is CCOC(=O)C1=C(C)N(C)C(=S)NC1c1cccc(NC(=O)Nc2c(C(C)C)cccc2C(C)C)c1. The Morgan fingerprint density at radius 3 is 2.25 bits per heavy atom. The van der Waals surface area contributed by atoms with E-state index in [1.165, 1.54) is 0 Å². The summed E-state index contributed by atoms with van der Waals surface area (Å²) in [5.74, 6) is 0.125. The van der Waals surface area contributed by atoms with Gasteiger partial charge in [-0.3, -0.25) is 0 Å². The maximum absolute atomic E-state index is 13.1. The summed E-state index contributed by atoms with van der Waals surface area (Å²) in [6, 6.07) is 12.7. The average Bonchev–Trinajstić information content (AvgIpc) is 2.82. The van der Waals surface area contributed by atoms with Crippen LogP contribution in [0.2, 0.25) is 0 Å². The summed E-state index contributed by atoms with van der Waals surface area (Å²) >= 11 is 5.48. The van der Waals surface area contributed by atoms with E-state index in [1.807, 2.05) is 56.4 Å². The molecule has 1 heterocycles. The fourth-order valence-corrected chi connectivity index (χ4v) is 4.58. The molecule has 1 aliphatic rings. The van der Waals surface area contributed by atoms with Crippen LogP contribution in [0.25, 0.3) is 0 Å². The summed E-state index contributed by atoms with van der Waals surface area (Å²) in [6.07, 6.45) is 0. The van der Waals surface area contributed by atoms with Crippen LogP contribution in [0.4, 0.5) is 16.2 Å². The molecule has 3 rings (SSSR count). The van der Waals surface area contributed by atoms with E-state index >= 15 is 0 Å². The number of rotatable bonds is 7. The van der Waals surface area contributed by atoms with Crippen molar-refractivity contribution in [3.63, 3.8) is 0 Å². The number of nitrogens with zero attached hydrogens (tertiary/aromatic N) is 1. The Balaban J connectivity index is 1.89. The molecule has 0 bridgehead atoms. The van der Waals surface area contributed by atoms with Crippen LogP contribution in [0, 0.1) is 0 Å². The summed E-state index contributed by atoms with van der Waals surface area (Å²) in [7, 11) is 1.81. The molecule has 2 aromatic rings. The maximum Gasteiger partial charge on any atom is 0.338 e. The quantitative estimate of drug-likeness (QED) is 0.302. The van der Waals surface area contributed by atoms with Gasteiger partial charge in [-0.2, -0.15) is 0 Å². The third-order valence-corrected chi connectivity index (χ3v) is 6.73. The average molecular weight is 509 g/mol. The molecule has 1 unspecified atom stereocenters. The van der Waals surface area contributed by atoms with Gasteiger partial charge in [0.1, 0.15) is 0 Å². The molecule has 0 saturated carbocycles. The van der Waals surface area contributed by atoms with Crippen molar-refractivity contribution in [3.8, 4) is 0 Å². The Hall–Kier alpha value is -3.39. The van der Waals surface area contributed by atoms with Crippen LogP contribution in [0.1, 0.15) is 76.1 Å². The lowest BCUT2D eigenvalue weighted by molar-refractivity contribution is -0.139. The lowest BCUT2D eigenvalue weighted by Gasteiger charge is -2.35. The van der Waals surface area contributed by atoms with Gasteiger partial charge in [0.2, 0.25) is 0 Å². The summed E-state index contributed by atoms with van der Waals surface area (Å²) < 4.78 is 5.32. The summed E-state index contributed by atoms with van der Waals surface area (Å²) in [5.41, 5.74) is 5.64. The minimum absolute atomic E-state index is 0.262. The number of anilines is 2. The van der Waals surface area contributed by atoms with E-state index in [1.54, 1.807) is 11.8 Å². The van der Waals surface area contributed by atoms with Gasteiger partial charge in [-0.05, 0) is 66.7 Å². The predicted octanol–water partition coefficient (Wildman–Crippen LogP) is 6.28. The molecule has 0 spiro atoms. The molecule has 0 aliphatic carbocycles. The van der Waals surface area contributed by atoms with Gasteiger partial charge < -0.3 is 25.6 Å². The lowest BCUT2D eigenvalue weighted by Crippen LogP contribution is -2.46. The first-order valence-electron chi connectivity index (χ1n) is 12.3. The molecule has 2 aromatic carbocycles. The standard InChI is InChI=1S/C28H36N4O3S/c1-8-35-26(33)23-18(6)32(7)28(36)31-24(23)19-11-9-12-20(15-19)29-27(34)30-25-21(16(2)3)13-10-14-22(25)17(4)5/h9-17,24H,8H2,1-7H3,(H,31,36)(H2,29,30,34). The minimum atomic E-state index is -0.494.